The summed E-state index contributed by atoms with van der Waals surface area (Å²) in [7, 11) is 0. The Labute approximate surface area is 161 Å². The Hall–Kier alpha value is -2.86. The predicted molar refractivity (Wildman–Crippen MR) is 102 cm³/mol. The first-order valence-electron chi connectivity index (χ1n) is 8.65. The minimum Gasteiger partial charge on any atom is -0.478 e. The van der Waals surface area contributed by atoms with E-state index < -0.39 is 5.97 Å². The van der Waals surface area contributed by atoms with Crippen LogP contribution in [0.2, 0.25) is 5.02 Å². The number of anilines is 1. The van der Waals surface area contributed by atoms with Crippen LogP contribution in [0.5, 0.6) is 0 Å². The maximum Gasteiger partial charge on any atom is 0.335 e. The second-order valence-electron chi connectivity index (χ2n) is 6.42. The van der Waals surface area contributed by atoms with Gasteiger partial charge in [-0.2, -0.15) is 0 Å². The van der Waals surface area contributed by atoms with Crippen molar-refractivity contribution in [2.24, 2.45) is 0 Å². The van der Waals surface area contributed by atoms with Gasteiger partial charge in [0, 0.05) is 18.1 Å². The number of carbonyl (C=O) groups is 3. The van der Waals surface area contributed by atoms with E-state index in [1.807, 2.05) is 0 Å². The fraction of sp³-hybridized carbons (Fsp3) is 0.250. The Kier molecular flexibility index (Phi) is 5.76. The summed E-state index contributed by atoms with van der Waals surface area (Å²) in [4.78, 5) is 37.8. The Morgan fingerprint density at radius 1 is 1.04 bits per heavy atom. The van der Waals surface area contributed by atoms with Crippen molar-refractivity contribution < 1.29 is 19.5 Å². The van der Waals surface area contributed by atoms with Gasteiger partial charge >= 0.3 is 5.97 Å². The highest BCUT2D eigenvalue weighted by Gasteiger charge is 2.23. The zero-order valence-corrected chi connectivity index (χ0v) is 15.3. The molecule has 0 unspecified atom stereocenters. The summed E-state index contributed by atoms with van der Waals surface area (Å²) in [6.45, 7) is 1.41. The van der Waals surface area contributed by atoms with E-state index in [4.69, 9.17) is 16.7 Å². The molecule has 2 aromatic carbocycles. The summed E-state index contributed by atoms with van der Waals surface area (Å²) in [5, 5.41) is 12.1. The van der Waals surface area contributed by atoms with Crippen molar-refractivity contribution in [3.8, 4) is 0 Å². The van der Waals surface area contributed by atoms with Gasteiger partial charge < -0.3 is 15.3 Å². The van der Waals surface area contributed by atoms with Crippen LogP contribution >= 0.6 is 11.6 Å². The molecular weight excluding hydrogens is 368 g/mol. The maximum atomic E-state index is 12.7. The molecule has 1 saturated heterocycles. The lowest BCUT2D eigenvalue weighted by Crippen LogP contribution is -2.29. The van der Waals surface area contributed by atoms with Crippen molar-refractivity contribution in [3.05, 3.63) is 64.2 Å². The molecule has 1 heterocycles. The summed E-state index contributed by atoms with van der Waals surface area (Å²) in [5.74, 6) is -1.45. The summed E-state index contributed by atoms with van der Waals surface area (Å²) in [6.07, 6.45) is 2.01. The van der Waals surface area contributed by atoms with Crippen molar-refractivity contribution >= 4 is 35.1 Å². The largest absolute Gasteiger partial charge is 0.478 e. The van der Waals surface area contributed by atoms with Gasteiger partial charge in [0.2, 0.25) is 5.91 Å². The third kappa shape index (κ3) is 4.65. The summed E-state index contributed by atoms with van der Waals surface area (Å²) < 4.78 is 0. The van der Waals surface area contributed by atoms with Crippen LogP contribution in [-0.2, 0) is 11.2 Å². The minimum atomic E-state index is -1.02. The molecule has 6 nitrogen and oxygen atoms in total. The van der Waals surface area contributed by atoms with Crippen LogP contribution < -0.4 is 5.32 Å². The van der Waals surface area contributed by atoms with Crippen LogP contribution in [0.4, 0.5) is 5.69 Å². The number of halogens is 1. The quantitative estimate of drug-likeness (QED) is 0.823. The number of benzene rings is 2. The molecule has 0 aromatic heterocycles. The van der Waals surface area contributed by atoms with E-state index in [-0.39, 0.29) is 23.8 Å². The minimum absolute atomic E-state index is 0.0693. The van der Waals surface area contributed by atoms with Gasteiger partial charge in [0.05, 0.1) is 23.2 Å². The molecule has 0 bridgehead atoms. The topological polar surface area (TPSA) is 86.7 Å². The Morgan fingerprint density at radius 2 is 1.70 bits per heavy atom. The summed E-state index contributed by atoms with van der Waals surface area (Å²) in [6, 6.07) is 10.9. The number of nitrogens with one attached hydrogen (secondary N) is 1. The second kappa shape index (κ2) is 8.22. The van der Waals surface area contributed by atoms with Crippen LogP contribution in [-0.4, -0.2) is 40.9 Å². The molecule has 7 heteroatoms. The predicted octanol–water partition coefficient (Wildman–Crippen LogP) is 3.46. The fourth-order valence-electron chi connectivity index (χ4n) is 3.04. The average molecular weight is 387 g/mol. The monoisotopic (exact) mass is 386 g/mol. The number of amides is 2. The zero-order chi connectivity index (χ0) is 19.4. The van der Waals surface area contributed by atoms with Crippen LogP contribution in [0.25, 0.3) is 0 Å². The van der Waals surface area contributed by atoms with E-state index in [2.05, 4.69) is 5.32 Å². The molecular formula is C20H19ClN2O4. The Balaban J connectivity index is 1.73. The molecule has 0 aliphatic carbocycles. The highest BCUT2D eigenvalue weighted by Crippen LogP contribution is 2.24. The first kappa shape index (κ1) is 18.9. The first-order chi connectivity index (χ1) is 12.9. The van der Waals surface area contributed by atoms with Gasteiger partial charge in [-0.1, -0.05) is 23.7 Å². The van der Waals surface area contributed by atoms with Crippen molar-refractivity contribution in [3.63, 3.8) is 0 Å². The number of aromatic carboxylic acids is 1. The Bertz CT molecular complexity index is 874. The second-order valence-corrected chi connectivity index (χ2v) is 6.85. The molecule has 0 spiro atoms. The number of rotatable bonds is 5. The highest BCUT2D eigenvalue weighted by atomic mass is 35.5. The highest BCUT2D eigenvalue weighted by molar-refractivity contribution is 6.31. The molecule has 2 amide bonds. The van der Waals surface area contributed by atoms with E-state index in [9.17, 15) is 14.4 Å². The molecule has 0 radical (unpaired) electrons. The number of likely N-dealkylation sites (tertiary alicyclic amines) is 1. The third-order valence-corrected chi connectivity index (χ3v) is 4.68. The third-order valence-electron chi connectivity index (χ3n) is 4.44. The van der Waals surface area contributed by atoms with Gasteiger partial charge in [-0.05, 0) is 48.7 Å². The number of hydrogen-bond donors (Lipinski definition) is 2. The number of hydrogen-bond acceptors (Lipinski definition) is 3. The lowest BCUT2D eigenvalue weighted by molar-refractivity contribution is -0.115. The standard InChI is InChI=1S/C20H19ClN2O4/c21-15-7-8-17(16(12-15)19(25)23-9-1-2-10-23)22-18(24)11-13-3-5-14(6-4-13)20(26)27/h3-8,12H,1-2,9-11H2,(H,22,24)(H,26,27). The summed E-state index contributed by atoms with van der Waals surface area (Å²) in [5.41, 5.74) is 1.64. The van der Waals surface area contributed by atoms with Gasteiger partial charge in [-0.15, -0.1) is 0 Å². The maximum absolute atomic E-state index is 12.7. The zero-order valence-electron chi connectivity index (χ0n) is 14.6. The van der Waals surface area contributed by atoms with Gasteiger partial charge in [0.15, 0.2) is 0 Å². The number of carboxylic acid groups (broad SMARTS) is 1. The number of carboxylic acids is 1. The normalized spacial score (nSPS) is 13.4. The molecule has 140 valence electrons. The van der Waals surface area contributed by atoms with Crippen molar-refractivity contribution in [2.75, 3.05) is 18.4 Å². The van der Waals surface area contributed by atoms with E-state index in [1.165, 1.54) is 12.1 Å². The van der Waals surface area contributed by atoms with Crippen LogP contribution in [0, 0.1) is 0 Å². The van der Waals surface area contributed by atoms with Crippen LogP contribution in [0.3, 0.4) is 0 Å². The molecule has 2 aromatic rings. The van der Waals surface area contributed by atoms with Crippen LogP contribution in [0.1, 0.15) is 39.1 Å². The van der Waals surface area contributed by atoms with Crippen molar-refractivity contribution in [2.45, 2.75) is 19.3 Å². The van der Waals surface area contributed by atoms with E-state index >= 15 is 0 Å². The van der Waals surface area contributed by atoms with Gasteiger partial charge in [0.1, 0.15) is 0 Å². The first-order valence-corrected chi connectivity index (χ1v) is 9.03. The van der Waals surface area contributed by atoms with Crippen molar-refractivity contribution in [1.82, 2.24) is 4.90 Å². The van der Waals surface area contributed by atoms with Crippen molar-refractivity contribution in [1.29, 1.82) is 0 Å². The summed E-state index contributed by atoms with van der Waals surface area (Å²) >= 11 is 6.04. The molecule has 27 heavy (non-hydrogen) atoms. The van der Waals surface area contributed by atoms with E-state index in [0.717, 1.165) is 12.8 Å². The van der Waals surface area contributed by atoms with Gasteiger partial charge in [-0.25, -0.2) is 4.79 Å². The molecule has 1 fully saturated rings. The smallest absolute Gasteiger partial charge is 0.335 e. The SMILES string of the molecule is O=C(Cc1ccc(C(=O)O)cc1)Nc1ccc(Cl)cc1C(=O)N1CCCC1. The molecule has 3 rings (SSSR count). The van der Waals surface area contributed by atoms with E-state index in [1.54, 1.807) is 35.2 Å². The number of nitrogens with zero attached hydrogens (tertiary/aromatic N) is 1. The van der Waals surface area contributed by atoms with E-state index in [0.29, 0.717) is 34.9 Å². The molecule has 0 saturated carbocycles. The lowest BCUT2D eigenvalue weighted by Gasteiger charge is -2.18. The lowest BCUT2D eigenvalue weighted by atomic mass is 10.1. The van der Waals surface area contributed by atoms with Crippen LogP contribution in [0.15, 0.2) is 42.5 Å². The average Bonchev–Trinajstić information content (AvgIpc) is 3.17. The number of carbonyl (C=O) groups excluding carboxylic acids is 2. The molecule has 1 aliphatic heterocycles. The Morgan fingerprint density at radius 3 is 2.33 bits per heavy atom. The molecule has 0 atom stereocenters. The van der Waals surface area contributed by atoms with Gasteiger partial charge in [0.25, 0.3) is 5.91 Å². The molecule has 1 aliphatic rings. The fourth-order valence-corrected chi connectivity index (χ4v) is 3.21. The van der Waals surface area contributed by atoms with Gasteiger partial charge in [-0.3, -0.25) is 9.59 Å². The molecule has 2 N–H and O–H groups in total.